The Balaban J connectivity index is 2.19. The summed E-state index contributed by atoms with van der Waals surface area (Å²) in [4.78, 5) is 13.2. The molecule has 21 heavy (non-hydrogen) atoms. The maximum absolute atomic E-state index is 13.1. The SMILES string of the molecule is CNC(=O)C1CCN(c2ccc(N)cc2C(F)(F)F)CC1. The Bertz CT molecular complexity index is 523. The summed E-state index contributed by atoms with van der Waals surface area (Å²) >= 11 is 0. The van der Waals surface area contributed by atoms with Crippen molar-refractivity contribution in [3.63, 3.8) is 0 Å². The van der Waals surface area contributed by atoms with Gasteiger partial charge in [-0.2, -0.15) is 13.2 Å². The van der Waals surface area contributed by atoms with Crippen LogP contribution in [0.15, 0.2) is 18.2 Å². The number of alkyl halides is 3. The van der Waals surface area contributed by atoms with Crippen LogP contribution < -0.4 is 16.0 Å². The Morgan fingerprint density at radius 1 is 1.33 bits per heavy atom. The van der Waals surface area contributed by atoms with E-state index in [-0.39, 0.29) is 23.2 Å². The van der Waals surface area contributed by atoms with Crippen LogP contribution in [0, 0.1) is 5.92 Å². The Morgan fingerprint density at radius 2 is 1.95 bits per heavy atom. The fourth-order valence-corrected chi connectivity index (χ4v) is 2.64. The van der Waals surface area contributed by atoms with Gasteiger partial charge in [-0.1, -0.05) is 0 Å². The first-order valence-electron chi connectivity index (χ1n) is 6.76. The number of amides is 1. The van der Waals surface area contributed by atoms with Gasteiger partial charge in [-0.15, -0.1) is 0 Å². The van der Waals surface area contributed by atoms with Crippen LogP contribution in [0.2, 0.25) is 0 Å². The summed E-state index contributed by atoms with van der Waals surface area (Å²) in [5.74, 6) is -0.183. The van der Waals surface area contributed by atoms with E-state index in [9.17, 15) is 18.0 Å². The summed E-state index contributed by atoms with van der Waals surface area (Å²) in [5, 5.41) is 2.58. The largest absolute Gasteiger partial charge is 0.418 e. The number of nitrogens with two attached hydrogens (primary N) is 1. The molecule has 0 atom stereocenters. The lowest BCUT2D eigenvalue weighted by molar-refractivity contribution is -0.137. The van der Waals surface area contributed by atoms with Crippen molar-refractivity contribution in [3.05, 3.63) is 23.8 Å². The highest BCUT2D eigenvalue weighted by Gasteiger charge is 2.36. The van der Waals surface area contributed by atoms with Gasteiger partial charge >= 0.3 is 6.18 Å². The van der Waals surface area contributed by atoms with Crippen LogP contribution in [0.25, 0.3) is 0 Å². The van der Waals surface area contributed by atoms with E-state index in [0.29, 0.717) is 25.9 Å². The number of hydrogen-bond acceptors (Lipinski definition) is 3. The van der Waals surface area contributed by atoms with E-state index in [0.717, 1.165) is 6.07 Å². The van der Waals surface area contributed by atoms with Gasteiger partial charge in [-0.3, -0.25) is 4.79 Å². The lowest BCUT2D eigenvalue weighted by Crippen LogP contribution is -2.40. The third-order valence-corrected chi connectivity index (χ3v) is 3.78. The summed E-state index contributed by atoms with van der Waals surface area (Å²) in [6.07, 6.45) is -3.36. The number of anilines is 2. The van der Waals surface area contributed by atoms with Gasteiger partial charge in [0.2, 0.25) is 5.91 Å². The average Bonchev–Trinajstić information content (AvgIpc) is 2.45. The van der Waals surface area contributed by atoms with Gasteiger partial charge in [0.25, 0.3) is 0 Å². The molecular weight excluding hydrogens is 283 g/mol. The van der Waals surface area contributed by atoms with Crippen molar-refractivity contribution in [1.82, 2.24) is 5.32 Å². The number of nitrogen functional groups attached to an aromatic ring is 1. The van der Waals surface area contributed by atoms with Gasteiger partial charge in [0.1, 0.15) is 0 Å². The van der Waals surface area contributed by atoms with E-state index in [1.807, 2.05) is 0 Å². The number of nitrogens with zero attached hydrogens (tertiary/aromatic N) is 1. The Morgan fingerprint density at radius 3 is 2.48 bits per heavy atom. The zero-order chi connectivity index (χ0) is 15.6. The average molecular weight is 301 g/mol. The molecule has 0 aromatic heterocycles. The molecule has 0 spiro atoms. The van der Waals surface area contributed by atoms with E-state index in [1.54, 1.807) is 11.9 Å². The standard InChI is InChI=1S/C14H18F3N3O/c1-19-13(21)9-4-6-20(7-5-9)12-3-2-10(18)8-11(12)14(15,16)17/h2-3,8-9H,4-7,18H2,1H3,(H,19,21). The predicted molar refractivity (Wildman–Crippen MR) is 74.9 cm³/mol. The third kappa shape index (κ3) is 3.40. The number of rotatable bonds is 2. The first-order chi connectivity index (χ1) is 9.82. The highest BCUT2D eigenvalue weighted by atomic mass is 19.4. The second kappa shape index (κ2) is 5.83. The Hall–Kier alpha value is -1.92. The van der Waals surface area contributed by atoms with E-state index in [4.69, 9.17) is 5.73 Å². The van der Waals surface area contributed by atoms with Crippen molar-refractivity contribution in [2.24, 2.45) is 5.92 Å². The van der Waals surface area contributed by atoms with Crippen LogP contribution >= 0.6 is 0 Å². The predicted octanol–water partition coefficient (Wildman–Crippen LogP) is 2.25. The van der Waals surface area contributed by atoms with Gasteiger partial charge in [0, 0.05) is 37.4 Å². The second-order valence-corrected chi connectivity index (χ2v) is 5.15. The van der Waals surface area contributed by atoms with Crippen LogP contribution in [0.3, 0.4) is 0 Å². The van der Waals surface area contributed by atoms with Crippen LogP contribution in [-0.2, 0) is 11.0 Å². The molecule has 1 saturated heterocycles. The first kappa shape index (κ1) is 15.5. The van der Waals surface area contributed by atoms with Gasteiger partial charge < -0.3 is 16.0 Å². The third-order valence-electron chi connectivity index (χ3n) is 3.78. The van der Waals surface area contributed by atoms with E-state index in [2.05, 4.69) is 5.32 Å². The topological polar surface area (TPSA) is 58.4 Å². The van der Waals surface area contributed by atoms with Crippen molar-refractivity contribution in [2.45, 2.75) is 19.0 Å². The monoisotopic (exact) mass is 301 g/mol. The Kier molecular flexibility index (Phi) is 4.29. The molecule has 1 heterocycles. The van der Waals surface area contributed by atoms with Gasteiger partial charge in [0.15, 0.2) is 0 Å². The summed E-state index contributed by atoms with van der Waals surface area (Å²) in [6, 6.07) is 3.83. The molecule has 1 aromatic rings. The summed E-state index contributed by atoms with van der Waals surface area (Å²) in [7, 11) is 1.57. The molecule has 116 valence electrons. The molecule has 1 fully saturated rings. The van der Waals surface area contributed by atoms with E-state index < -0.39 is 11.7 Å². The zero-order valence-electron chi connectivity index (χ0n) is 11.7. The van der Waals surface area contributed by atoms with E-state index in [1.165, 1.54) is 12.1 Å². The lowest BCUT2D eigenvalue weighted by Gasteiger charge is -2.34. The zero-order valence-corrected chi connectivity index (χ0v) is 11.7. The van der Waals surface area contributed by atoms with Crippen molar-refractivity contribution in [2.75, 3.05) is 30.8 Å². The number of carbonyl (C=O) groups excluding carboxylic acids is 1. The second-order valence-electron chi connectivity index (χ2n) is 5.15. The minimum absolute atomic E-state index is 0.0528. The maximum atomic E-state index is 13.1. The van der Waals surface area contributed by atoms with E-state index >= 15 is 0 Å². The number of hydrogen-bond donors (Lipinski definition) is 2. The molecule has 0 bridgehead atoms. The van der Waals surface area contributed by atoms with Crippen LogP contribution in [0.1, 0.15) is 18.4 Å². The number of halogens is 3. The summed E-state index contributed by atoms with van der Waals surface area (Å²) in [5.41, 5.74) is 4.96. The lowest BCUT2D eigenvalue weighted by atomic mass is 9.95. The normalized spacial score (nSPS) is 16.9. The minimum Gasteiger partial charge on any atom is -0.399 e. The fourth-order valence-electron chi connectivity index (χ4n) is 2.64. The van der Waals surface area contributed by atoms with Crippen LogP contribution in [0.4, 0.5) is 24.5 Å². The van der Waals surface area contributed by atoms with Gasteiger partial charge in [-0.25, -0.2) is 0 Å². The minimum atomic E-state index is -4.44. The molecule has 0 aliphatic carbocycles. The molecule has 1 aliphatic heterocycles. The summed E-state index contributed by atoms with van der Waals surface area (Å²) in [6.45, 7) is 0.843. The molecule has 3 N–H and O–H groups in total. The molecule has 4 nitrogen and oxygen atoms in total. The maximum Gasteiger partial charge on any atom is 0.418 e. The molecule has 0 saturated carbocycles. The van der Waals surface area contributed by atoms with Crippen LogP contribution in [-0.4, -0.2) is 26.0 Å². The number of carbonyl (C=O) groups is 1. The van der Waals surface area contributed by atoms with Crippen molar-refractivity contribution < 1.29 is 18.0 Å². The van der Waals surface area contributed by atoms with Crippen molar-refractivity contribution in [1.29, 1.82) is 0 Å². The quantitative estimate of drug-likeness (QED) is 0.824. The number of piperidine rings is 1. The molecule has 1 aromatic carbocycles. The molecule has 2 rings (SSSR count). The summed E-state index contributed by atoms with van der Waals surface area (Å²) < 4.78 is 39.3. The molecular formula is C14H18F3N3O. The smallest absolute Gasteiger partial charge is 0.399 e. The molecule has 1 amide bonds. The number of benzene rings is 1. The Labute approximate surface area is 121 Å². The highest BCUT2D eigenvalue weighted by molar-refractivity contribution is 5.78. The van der Waals surface area contributed by atoms with Crippen molar-refractivity contribution in [3.8, 4) is 0 Å². The van der Waals surface area contributed by atoms with Crippen LogP contribution in [0.5, 0.6) is 0 Å². The highest BCUT2D eigenvalue weighted by Crippen LogP contribution is 2.39. The van der Waals surface area contributed by atoms with Gasteiger partial charge in [0.05, 0.1) is 5.56 Å². The first-order valence-corrected chi connectivity index (χ1v) is 6.76. The van der Waals surface area contributed by atoms with Gasteiger partial charge in [-0.05, 0) is 31.0 Å². The van der Waals surface area contributed by atoms with Crippen molar-refractivity contribution >= 4 is 17.3 Å². The molecule has 0 radical (unpaired) electrons. The fraction of sp³-hybridized carbons (Fsp3) is 0.500. The molecule has 7 heteroatoms. The molecule has 1 aliphatic rings. The molecule has 0 unspecified atom stereocenters. The number of nitrogens with one attached hydrogen (secondary N) is 1.